The predicted octanol–water partition coefficient (Wildman–Crippen LogP) is 2.97. The third-order valence-corrected chi connectivity index (χ3v) is 4.27. The largest absolute Gasteiger partial charge is 0.393 e. The molecule has 4 heteroatoms. The number of rotatable bonds is 3. The van der Waals surface area contributed by atoms with Crippen molar-refractivity contribution >= 4 is 23.3 Å². The monoisotopic (exact) mass is 272 g/mol. The first-order chi connectivity index (χ1) is 9.25. The molecule has 1 aliphatic heterocycles. The van der Waals surface area contributed by atoms with Gasteiger partial charge in [0.2, 0.25) is 0 Å². The van der Waals surface area contributed by atoms with Crippen molar-refractivity contribution in [1.82, 2.24) is 0 Å². The number of esters is 2. The summed E-state index contributed by atoms with van der Waals surface area (Å²) >= 11 is 1.60. The molecule has 3 rings (SSSR count). The minimum absolute atomic E-state index is 0.0971. The number of benzene rings is 1. The van der Waals surface area contributed by atoms with Crippen molar-refractivity contribution in [3.63, 3.8) is 0 Å². The number of cyclic esters (lactones) is 2. The van der Waals surface area contributed by atoms with Gasteiger partial charge in [-0.25, -0.2) is 0 Å². The molecule has 96 valence electrons. The maximum Gasteiger partial charge on any atom is 0.318 e. The lowest BCUT2D eigenvalue weighted by Crippen LogP contribution is -2.18. The number of hydrogen-bond donors (Lipinski definition) is 0. The molecule has 2 unspecified atom stereocenters. The van der Waals surface area contributed by atoms with E-state index in [1.165, 1.54) is 0 Å². The number of thiophene rings is 1. The van der Waals surface area contributed by atoms with E-state index in [-0.39, 0.29) is 12.3 Å². The smallest absolute Gasteiger partial charge is 0.318 e. The fourth-order valence-corrected chi connectivity index (χ4v) is 3.39. The summed E-state index contributed by atoms with van der Waals surface area (Å²) in [4.78, 5) is 24.3. The summed E-state index contributed by atoms with van der Waals surface area (Å²) in [6.07, 6.45) is 0.163. The molecule has 1 saturated heterocycles. The molecule has 0 N–H and O–H groups in total. The van der Waals surface area contributed by atoms with E-state index in [4.69, 9.17) is 4.74 Å². The van der Waals surface area contributed by atoms with Crippen LogP contribution in [0, 0.1) is 5.92 Å². The van der Waals surface area contributed by atoms with Crippen LogP contribution < -0.4 is 0 Å². The van der Waals surface area contributed by atoms with E-state index >= 15 is 0 Å². The summed E-state index contributed by atoms with van der Waals surface area (Å²) < 4.78 is 4.70. The minimum Gasteiger partial charge on any atom is -0.393 e. The molecule has 2 aromatic rings. The van der Waals surface area contributed by atoms with Gasteiger partial charge in [0.05, 0.1) is 12.3 Å². The molecule has 2 heterocycles. The highest BCUT2D eigenvalue weighted by molar-refractivity contribution is 7.10. The minimum atomic E-state index is -0.424. The highest BCUT2D eigenvalue weighted by Gasteiger charge is 2.41. The Balaban J connectivity index is 2.03. The van der Waals surface area contributed by atoms with E-state index in [0.717, 1.165) is 10.4 Å². The van der Waals surface area contributed by atoms with Crippen LogP contribution in [0.2, 0.25) is 0 Å². The lowest BCUT2D eigenvalue weighted by molar-refractivity contribution is -0.153. The predicted molar refractivity (Wildman–Crippen MR) is 71.8 cm³/mol. The van der Waals surface area contributed by atoms with E-state index in [0.29, 0.717) is 0 Å². The first-order valence-corrected chi connectivity index (χ1v) is 6.96. The zero-order valence-electron chi connectivity index (χ0n) is 10.1. The molecule has 0 spiro atoms. The summed E-state index contributed by atoms with van der Waals surface area (Å²) in [6.45, 7) is 0. The molecule has 1 aromatic carbocycles. The summed E-state index contributed by atoms with van der Waals surface area (Å²) in [6, 6.07) is 13.8. The quantitative estimate of drug-likeness (QED) is 0.637. The first-order valence-electron chi connectivity index (χ1n) is 6.08. The second-order valence-corrected chi connectivity index (χ2v) is 5.49. The molecule has 0 bridgehead atoms. The fourth-order valence-electron chi connectivity index (χ4n) is 2.47. The third kappa shape index (κ3) is 2.31. The molecule has 1 aromatic heterocycles. The van der Waals surface area contributed by atoms with Crippen LogP contribution in [0.5, 0.6) is 0 Å². The Morgan fingerprint density at radius 3 is 2.47 bits per heavy atom. The van der Waals surface area contributed by atoms with Crippen molar-refractivity contribution in [2.45, 2.75) is 12.3 Å². The van der Waals surface area contributed by atoms with Gasteiger partial charge in [-0.3, -0.25) is 9.59 Å². The second-order valence-electron chi connectivity index (χ2n) is 4.51. The molecule has 19 heavy (non-hydrogen) atoms. The van der Waals surface area contributed by atoms with Crippen molar-refractivity contribution in [2.24, 2.45) is 5.92 Å². The van der Waals surface area contributed by atoms with Crippen LogP contribution >= 0.6 is 11.3 Å². The Hall–Kier alpha value is -1.94. The van der Waals surface area contributed by atoms with Crippen LogP contribution in [0.4, 0.5) is 0 Å². The van der Waals surface area contributed by atoms with Crippen LogP contribution in [-0.2, 0) is 14.3 Å². The van der Waals surface area contributed by atoms with Gasteiger partial charge in [-0.2, -0.15) is 0 Å². The average Bonchev–Trinajstić information content (AvgIpc) is 3.03. The van der Waals surface area contributed by atoms with E-state index < -0.39 is 17.9 Å². The van der Waals surface area contributed by atoms with Gasteiger partial charge in [-0.05, 0) is 17.0 Å². The molecular weight excluding hydrogens is 260 g/mol. The topological polar surface area (TPSA) is 43.4 Å². The van der Waals surface area contributed by atoms with Gasteiger partial charge < -0.3 is 4.74 Å². The first kappa shape index (κ1) is 12.1. The van der Waals surface area contributed by atoms with Gasteiger partial charge in [-0.1, -0.05) is 36.4 Å². The average molecular weight is 272 g/mol. The van der Waals surface area contributed by atoms with Crippen molar-refractivity contribution in [1.29, 1.82) is 0 Å². The molecule has 3 nitrogen and oxygen atoms in total. The van der Waals surface area contributed by atoms with Gasteiger partial charge in [0.1, 0.15) is 0 Å². The number of carbonyl (C=O) groups is 2. The zero-order valence-corrected chi connectivity index (χ0v) is 10.9. The maximum absolute atomic E-state index is 11.9. The van der Waals surface area contributed by atoms with E-state index in [2.05, 4.69) is 0 Å². The highest BCUT2D eigenvalue weighted by atomic mass is 32.1. The summed E-state index contributed by atoms with van der Waals surface area (Å²) in [7, 11) is 0. The summed E-state index contributed by atoms with van der Waals surface area (Å²) in [5.41, 5.74) is 1.04. The summed E-state index contributed by atoms with van der Waals surface area (Å²) in [5.74, 6) is -1.34. The molecule has 1 aliphatic rings. The Kier molecular flexibility index (Phi) is 3.17. The second kappa shape index (κ2) is 4.97. The van der Waals surface area contributed by atoms with Crippen molar-refractivity contribution < 1.29 is 14.3 Å². The van der Waals surface area contributed by atoms with Crippen LogP contribution in [0.1, 0.15) is 22.8 Å². The molecule has 0 radical (unpaired) electrons. The Labute approximate surface area is 114 Å². The van der Waals surface area contributed by atoms with Gasteiger partial charge >= 0.3 is 11.9 Å². The molecule has 0 amide bonds. The lowest BCUT2D eigenvalue weighted by Gasteiger charge is -2.19. The normalized spacial score (nSPS) is 20.3. The fraction of sp³-hybridized carbons (Fsp3) is 0.200. The molecular formula is C15H12O3S. The van der Waals surface area contributed by atoms with Crippen molar-refractivity contribution in [3.8, 4) is 0 Å². The van der Waals surface area contributed by atoms with Crippen molar-refractivity contribution in [3.05, 3.63) is 58.3 Å². The van der Waals surface area contributed by atoms with Crippen LogP contribution in [0.3, 0.4) is 0 Å². The van der Waals surface area contributed by atoms with Crippen molar-refractivity contribution in [2.75, 3.05) is 0 Å². The maximum atomic E-state index is 11.9. The Morgan fingerprint density at radius 2 is 1.89 bits per heavy atom. The molecule has 1 fully saturated rings. The van der Waals surface area contributed by atoms with E-state index in [1.807, 2.05) is 47.8 Å². The Morgan fingerprint density at radius 1 is 1.11 bits per heavy atom. The van der Waals surface area contributed by atoms with Gasteiger partial charge in [0.25, 0.3) is 0 Å². The Bertz CT molecular complexity index is 589. The zero-order chi connectivity index (χ0) is 13.2. The SMILES string of the molecule is O=C1CC(C(c2ccccc2)c2cccs2)C(=O)O1. The lowest BCUT2D eigenvalue weighted by atomic mass is 9.84. The van der Waals surface area contributed by atoms with Gasteiger partial charge in [0, 0.05) is 10.8 Å². The van der Waals surface area contributed by atoms with Crippen LogP contribution in [-0.4, -0.2) is 11.9 Å². The van der Waals surface area contributed by atoms with Crippen LogP contribution in [0.15, 0.2) is 47.8 Å². The molecule has 2 atom stereocenters. The number of carbonyl (C=O) groups excluding carboxylic acids is 2. The standard InChI is InChI=1S/C15H12O3S/c16-13-9-11(15(17)18-13)14(12-7-4-8-19-12)10-5-2-1-3-6-10/h1-8,11,14H,9H2. The molecule has 0 saturated carbocycles. The number of hydrogen-bond acceptors (Lipinski definition) is 4. The molecule has 0 aliphatic carbocycles. The van der Waals surface area contributed by atoms with Gasteiger partial charge in [-0.15, -0.1) is 11.3 Å². The third-order valence-electron chi connectivity index (χ3n) is 3.31. The highest BCUT2D eigenvalue weighted by Crippen LogP contribution is 2.39. The van der Waals surface area contributed by atoms with Crippen LogP contribution in [0.25, 0.3) is 0 Å². The van der Waals surface area contributed by atoms with Gasteiger partial charge in [0.15, 0.2) is 0 Å². The van der Waals surface area contributed by atoms with E-state index in [9.17, 15) is 9.59 Å². The number of ether oxygens (including phenoxy) is 1. The summed E-state index contributed by atoms with van der Waals surface area (Å²) in [5, 5.41) is 1.98. The van der Waals surface area contributed by atoms with E-state index in [1.54, 1.807) is 11.3 Å².